The molecule has 1 unspecified atom stereocenters. The first-order valence-corrected chi connectivity index (χ1v) is 6.84. The van der Waals surface area contributed by atoms with E-state index in [1.807, 2.05) is 7.05 Å². The summed E-state index contributed by atoms with van der Waals surface area (Å²) in [7, 11) is 2.02. The van der Waals surface area contributed by atoms with E-state index in [0.29, 0.717) is 17.9 Å². The average molecular weight is 267 g/mol. The summed E-state index contributed by atoms with van der Waals surface area (Å²) >= 11 is 0. The summed E-state index contributed by atoms with van der Waals surface area (Å²) in [5.74, 6) is 0.264. The Morgan fingerprint density at radius 2 is 2.16 bits per heavy atom. The topological polar surface area (TPSA) is 43.7 Å². The van der Waals surface area contributed by atoms with Crippen LogP contribution in [0.3, 0.4) is 0 Å². The van der Waals surface area contributed by atoms with Crippen LogP contribution < -0.4 is 0 Å². The molecular weight excluding hydrogens is 245 g/mol. The van der Waals surface area contributed by atoms with E-state index < -0.39 is 6.10 Å². The number of aliphatic hydroxyl groups is 2. The van der Waals surface area contributed by atoms with Crippen LogP contribution in [0.4, 0.5) is 4.39 Å². The van der Waals surface area contributed by atoms with Crippen LogP contribution in [0, 0.1) is 11.7 Å². The van der Waals surface area contributed by atoms with Gasteiger partial charge in [-0.05, 0) is 49.9 Å². The second kappa shape index (κ2) is 6.46. The Labute approximate surface area is 113 Å². The van der Waals surface area contributed by atoms with Gasteiger partial charge in [0.15, 0.2) is 0 Å². The molecule has 0 amide bonds. The summed E-state index contributed by atoms with van der Waals surface area (Å²) < 4.78 is 13.0. The normalized spacial score (nSPS) is 24.3. The van der Waals surface area contributed by atoms with Gasteiger partial charge in [0.2, 0.25) is 0 Å². The molecule has 0 bridgehead atoms. The molecule has 1 fully saturated rings. The number of hydrogen-bond donors (Lipinski definition) is 2. The molecule has 1 aliphatic rings. The predicted octanol–water partition coefficient (Wildman–Crippen LogP) is 1.95. The molecule has 0 saturated heterocycles. The maximum atomic E-state index is 13.0. The van der Waals surface area contributed by atoms with Gasteiger partial charge in [-0.3, -0.25) is 0 Å². The average Bonchev–Trinajstić information content (AvgIpc) is 2.34. The van der Waals surface area contributed by atoms with Crippen molar-refractivity contribution in [2.24, 2.45) is 5.92 Å². The summed E-state index contributed by atoms with van der Waals surface area (Å²) in [6.45, 7) is 1.72. The molecule has 2 N–H and O–H groups in total. The third-order valence-electron chi connectivity index (χ3n) is 3.80. The van der Waals surface area contributed by atoms with E-state index in [1.165, 1.54) is 12.1 Å². The van der Waals surface area contributed by atoms with Crippen LogP contribution in [0.5, 0.6) is 0 Å². The Morgan fingerprint density at radius 1 is 1.42 bits per heavy atom. The molecular formula is C15H22FNO2. The zero-order chi connectivity index (χ0) is 13.8. The predicted molar refractivity (Wildman–Crippen MR) is 72.2 cm³/mol. The summed E-state index contributed by atoms with van der Waals surface area (Å²) in [5, 5.41) is 19.2. The van der Waals surface area contributed by atoms with Gasteiger partial charge in [-0.25, -0.2) is 4.39 Å². The van der Waals surface area contributed by atoms with E-state index in [9.17, 15) is 14.6 Å². The molecule has 0 heterocycles. The van der Waals surface area contributed by atoms with E-state index in [-0.39, 0.29) is 11.9 Å². The third-order valence-corrected chi connectivity index (χ3v) is 3.80. The Balaban J connectivity index is 1.72. The molecule has 1 aliphatic carbocycles. The van der Waals surface area contributed by atoms with Gasteiger partial charge in [0.1, 0.15) is 5.82 Å². The number of rotatable bonds is 6. The van der Waals surface area contributed by atoms with Gasteiger partial charge in [0, 0.05) is 13.1 Å². The Morgan fingerprint density at radius 3 is 2.79 bits per heavy atom. The van der Waals surface area contributed by atoms with Crippen LogP contribution in [0.2, 0.25) is 0 Å². The zero-order valence-electron chi connectivity index (χ0n) is 11.3. The lowest BCUT2D eigenvalue weighted by Gasteiger charge is -2.34. The number of benzene rings is 1. The van der Waals surface area contributed by atoms with E-state index in [0.717, 1.165) is 25.9 Å². The van der Waals surface area contributed by atoms with Crippen molar-refractivity contribution in [3.8, 4) is 0 Å². The zero-order valence-corrected chi connectivity index (χ0v) is 11.3. The summed E-state index contributed by atoms with van der Waals surface area (Å²) in [6.07, 6.45) is 1.63. The smallest absolute Gasteiger partial charge is 0.123 e. The molecule has 0 spiro atoms. The quantitative estimate of drug-likeness (QED) is 0.828. The van der Waals surface area contributed by atoms with Crippen molar-refractivity contribution in [2.75, 3.05) is 20.1 Å². The first kappa shape index (κ1) is 14.4. The van der Waals surface area contributed by atoms with Crippen molar-refractivity contribution in [2.45, 2.75) is 31.5 Å². The molecule has 1 atom stereocenters. The minimum atomic E-state index is -0.620. The van der Waals surface area contributed by atoms with Gasteiger partial charge in [-0.1, -0.05) is 12.1 Å². The lowest BCUT2D eigenvalue weighted by molar-refractivity contribution is 0.0262. The number of halogens is 1. The number of nitrogens with zero attached hydrogens (tertiary/aromatic N) is 1. The standard InChI is InChI=1S/C15H22FNO2/c1-17(10-11-7-14(18)8-11)6-5-15(19)12-3-2-4-13(16)9-12/h2-4,9,11,14-15,18-19H,5-8,10H2,1H3. The second-order valence-electron chi connectivity index (χ2n) is 5.61. The molecule has 4 heteroatoms. The molecule has 1 aromatic rings. The van der Waals surface area contributed by atoms with Crippen LogP contribution in [-0.4, -0.2) is 41.4 Å². The monoisotopic (exact) mass is 267 g/mol. The lowest BCUT2D eigenvalue weighted by atomic mass is 9.82. The molecule has 106 valence electrons. The van der Waals surface area contributed by atoms with Gasteiger partial charge in [0.25, 0.3) is 0 Å². The van der Waals surface area contributed by atoms with E-state index in [4.69, 9.17) is 0 Å². The Bertz CT molecular complexity index is 407. The number of aliphatic hydroxyl groups excluding tert-OH is 2. The minimum absolute atomic E-state index is 0.115. The van der Waals surface area contributed by atoms with E-state index >= 15 is 0 Å². The number of hydrogen-bond acceptors (Lipinski definition) is 3. The van der Waals surface area contributed by atoms with Gasteiger partial charge in [0.05, 0.1) is 12.2 Å². The lowest BCUT2D eigenvalue weighted by Crippen LogP contribution is -2.37. The second-order valence-corrected chi connectivity index (χ2v) is 5.61. The van der Waals surface area contributed by atoms with Crippen LogP contribution in [0.1, 0.15) is 30.9 Å². The van der Waals surface area contributed by atoms with Crippen LogP contribution >= 0.6 is 0 Å². The van der Waals surface area contributed by atoms with Crippen LogP contribution in [0.15, 0.2) is 24.3 Å². The molecule has 2 rings (SSSR count). The van der Waals surface area contributed by atoms with Gasteiger partial charge >= 0.3 is 0 Å². The van der Waals surface area contributed by atoms with Crippen molar-refractivity contribution in [3.05, 3.63) is 35.6 Å². The SMILES string of the molecule is CN(CCC(O)c1cccc(F)c1)CC1CC(O)C1. The molecule has 1 saturated carbocycles. The maximum Gasteiger partial charge on any atom is 0.123 e. The van der Waals surface area contributed by atoms with Crippen LogP contribution in [-0.2, 0) is 0 Å². The first-order chi connectivity index (χ1) is 9.04. The molecule has 1 aromatic carbocycles. The van der Waals surface area contributed by atoms with Gasteiger partial charge < -0.3 is 15.1 Å². The fraction of sp³-hybridized carbons (Fsp3) is 0.600. The highest BCUT2D eigenvalue weighted by molar-refractivity contribution is 5.18. The highest BCUT2D eigenvalue weighted by Crippen LogP contribution is 2.27. The summed E-state index contributed by atoms with van der Waals surface area (Å²) in [5.41, 5.74) is 0.632. The van der Waals surface area contributed by atoms with E-state index in [1.54, 1.807) is 12.1 Å². The summed E-state index contributed by atoms with van der Waals surface area (Å²) in [6, 6.07) is 6.13. The van der Waals surface area contributed by atoms with Crippen molar-refractivity contribution in [1.82, 2.24) is 4.90 Å². The summed E-state index contributed by atoms with van der Waals surface area (Å²) in [4.78, 5) is 2.17. The maximum absolute atomic E-state index is 13.0. The Hall–Kier alpha value is -0.970. The third kappa shape index (κ3) is 4.27. The molecule has 3 nitrogen and oxygen atoms in total. The van der Waals surface area contributed by atoms with Gasteiger partial charge in [-0.2, -0.15) is 0 Å². The highest BCUT2D eigenvalue weighted by atomic mass is 19.1. The van der Waals surface area contributed by atoms with Crippen molar-refractivity contribution < 1.29 is 14.6 Å². The molecule has 0 aromatic heterocycles. The molecule has 0 aliphatic heterocycles. The van der Waals surface area contributed by atoms with Crippen molar-refractivity contribution >= 4 is 0 Å². The largest absolute Gasteiger partial charge is 0.393 e. The van der Waals surface area contributed by atoms with E-state index in [2.05, 4.69) is 4.90 Å². The van der Waals surface area contributed by atoms with Gasteiger partial charge in [-0.15, -0.1) is 0 Å². The molecule has 0 radical (unpaired) electrons. The first-order valence-electron chi connectivity index (χ1n) is 6.84. The van der Waals surface area contributed by atoms with Crippen LogP contribution in [0.25, 0.3) is 0 Å². The fourth-order valence-corrected chi connectivity index (χ4v) is 2.60. The minimum Gasteiger partial charge on any atom is -0.393 e. The van der Waals surface area contributed by atoms with Crippen molar-refractivity contribution in [1.29, 1.82) is 0 Å². The Kier molecular flexibility index (Phi) is 4.91. The molecule has 19 heavy (non-hydrogen) atoms. The van der Waals surface area contributed by atoms with Crippen molar-refractivity contribution in [3.63, 3.8) is 0 Å². The highest BCUT2D eigenvalue weighted by Gasteiger charge is 2.27. The fourth-order valence-electron chi connectivity index (χ4n) is 2.60.